The lowest BCUT2D eigenvalue weighted by Crippen LogP contribution is -2.58. The molecule has 9 nitrogen and oxygen atoms in total. The Hall–Kier alpha value is -2.53. The molecule has 1 aliphatic heterocycles. The second kappa shape index (κ2) is 13.0. The molecular weight excluding hydrogens is 493 g/mol. The molecule has 1 aromatic carbocycles. The first-order valence-corrected chi connectivity index (χ1v) is 13.3. The average molecular weight is 536 g/mol. The highest BCUT2D eigenvalue weighted by Gasteiger charge is 2.46. The SMILES string of the molecule is CCC(C)(C)NC(=O)CCCc1ccc(Cc2c(OC3OC(CO)C(F)C(O)C3O)n[nH]c2C(C)C)cc1. The summed E-state index contributed by atoms with van der Waals surface area (Å²) in [6.45, 7) is 9.44. The molecule has 2 aromatic rings. The van der Waals surface area contributed by atoms with Gasteiger partial charge in [-0.2, -0.15) is 0 Å². The zero-order chi connectivity index (χ0) is 28.0. The van der Waals surface area contributed by atoms with Gasteiger partial charge in [-0.1, -0.05) is 45.0 Å². The zero-order valence-corrected chi connectivity index (χ0v) is 22.9. The summed E-state index contributed by atoms with van der Waals surface area (Å²) in [4.78, 5) is 12.2. The zero-order valence-electron chi connectivity index (χ0n) is 22.9. The van der Waals surface area contributed by atoms with Gasteiger partial charge in [0, 0.05) is 29.6 Å². The number of ether oxygens (including phenoxy) is 2. The van der Waals surface area contributed by atoms with Gasteiger partial charge >= 0.3 is 0 Å². The van der Waals surface area contributed by atoms with Gasteiger partial charge in [-0.25, -0.2) is 4.39 Å². The topological polar surface area (TPSA) is 137 Å². The van der Waals surface area contributed by atoms with Crippen molar-refractivity contribution in [3.8, 4) is 5.88 Å². The number of benzene rings is 1. The Kier molecular flexibility index (Phi) is 10.3. The molecule has 1 fully saturated rings. The molecule has 1 amide bonds. The highest BCUT2D eigenvalue weighted by atomic mass is 19.1. The molecule has 0 saturated carbocycles. The molecule has 2 heterocycles. The van der Waals surface area contributed by atoms with Crippen LogP contribution in [0.15, 0.2) is 24.3 Å². The van der Waals surface area contributed by atoms with E-state index in [1.807, 2.05) is 52.0 Å². The summed E-state index contributed by atoms with van der Waals surface area (Å²) in [6, 6.07) is 8.11. The Morgan fingerprint density at radius 2 is 1.87 bits per heavy atom. The van der Waals surface area contributed by atoms with Crippen LogP contribution in [0.1, 0.15) is 82.2 Å². The minimum absolute atomic E-state index is 0.0640. The van der Waals surface area contributed by atoms with Crippen LogP contribution in [0, 0.1) is 0 Å². The summed E-state index contributed by atoms with van der Waals surface area (Å²) < 4.78 is 25.3. The Labute approximate surface area is 223 Å². The summed E-state index contributed by atoms with van der Waals surface area (Å²) in [5.74, 6) is 0.347. The van der Waals surface area contributed by atoms with Gasteiger partial charge in [0.05, 0.1) is 6.61 Å². The minimum atomic E-state index is -1.93. The number of aromatic amines is 1. The van der Waals surface area contributed by atoms with Crippen molar-refractivity contribution >= 4 is 5.91 Å². The molecule has 3 rings (SSSR count). The van der Waals surface area contributed by atoms with Crippen LogP contribution in [0.25, 0.3) is 0 Å². The second-order valence-corrected chi connectivity index (χ2v) is 11.0. The van der Waals surface area contributed by atoms with Gasteiger partial charge in [-0.15, -0.1) is 5.10 Å². The molecule has 212 valence electrons. The standard InChI is InChI=1S/C28H42FN3O6/c1-6-28(4,5)30-21(34)9-7-8-17-10-12-18(13-11-17)14-19-23(16(2)3)31-32-26(19)38-27-25(36)24(35)22(29)20(15-33)37-27/h10-13,16,20,22,24-25,27,33,35-36H,6-9,14-15H2,1-5H3,(H,30,34)(H,31,32). The fourth-order valence-corrected chi connectivity index (χ4v) is 4.36. The molecule has 5 atom stereocenters. The maximum atomic E-state index is 14.1. The van der Waals surface area contributed by atoms with E-state index in [1.54, 1.807) is 0 Å². The largest absolute Gasteiger partial charge is 0.443 e. The molecule has 5 unspecified atom stereocenters. The normalized spacial score (nSPS) is 24.0. The first-order valence-electron chi connectivity index (χ1n) is 13.3. The quantitative estimate of drug-likeness (QED) is 0.282. The van der Waals surface area contributed by atoms with Crippen molar-refractivity contribution in [2.75, 3.05) is 6.61 Å². The van der Waals surface area contributed by atoms with Crippen molar-refractivity contribution in [2.45, 2.75) is 109 Å². The van der Waals surface area contributed by atoms with Gasteiger partial charge in [0.25, 0.3) is 0 Å². The molecule has 5 N–H and O–H groups in total. The van der Waals surface area contributed by atoms with E-state index < -0.39 is 37.4 Å². The van der Waals surface area contributed by atoms with Gasteiger partial charge in [0.15, 0.2) is 6.17 Å². The van der Waals surface area contributed by atoms with Crippen molar-refractivity contribution in [1.82, 2.24) is 15.5 Å². The van der Waals surface area contributed by atoms with Crippen molar-refractivity contribution < 1.29 is 34.0 Å². The van der Waals surface area contributed by atoms with Crippen LogP contribution in [0.4, 0.5) is 4.39 Å². The number of nitrogens with one attached hydrogen (secondary N) is 2. The first kappa shape index (κ1) is 30.0. The Morgan fingerprint density at radius 1 is 1.21 bits per heavy atom. The van der Waals surface area contributed by atoms with E-state index in [2.05, 4.69) is 22.4 Å². The number of carbonyl (C=O) groups excluding carboxylic acids is 1. The number of amides is 1. The summed E-state index contributed by atoms with van der Waals surface area (Å²) in [6.07, 6.45) is -4.66. The molecule has 38 heavy (non-hydrogen) atoms. The molecular formula is C28H42FN3O6. The number of aliphatic hydroxyl groups is 3. The van der Waals surface area contributed by atoms with Gasteiger partial charge in [0.1, 0.15) is 18.3 Å². The molecule has 0 radical (unpaired) electrons. The van der Waals surface area contributed by atoms with Gasteiger partial charge in [0.2, 0.25) is 18.1 Å². The van der Waals surface area contributed by atoms with E-state index in [0.717, 1.165) is 41.6 Å². The third-order valence-electron chi connectivity index (χ3n) is 7.10. The number of alkyl halides is 1. The van der Waals surface area contributed by atoms with Crippen LogP contribution in [-0.2, 0) is 22.4 Å². The van der Waals surface area contributed by atoms with Crippen molar-refractivity contribution in [2.24, 2.45) is 0 Å². The Bertz CT molecular complexity index is 1040. The molecule has 0 bridgehead atoms. The lowest BCUT2D eigenvalue weighted by atomic mass is 9.97. The van der Waals surface area contributed by atoms with Crippen molar-refractivity contribution in [3.05, 3.63) is 46.6 Å². The monoisotopic (exact) mass is 535 g/mol. The highest BCUT2D eigenvalue weighted by molar-refractivity contribution is 5.76. The van der Waals surface area contributed by atoms with E-state index >= 15 is 0 Å². The number of carbonyl (C=O) groups is 1. The van der Waals surface area contributed by atoms with E-state index in [-0.39, 0.29) is 23.2 Å². The average Bonchev–Trinajstić information content (AvgIpc) is 3.27. The highest BCUT2D eigenvalue weighted by Crippen LogP contribution is 2.31. The number of nitrogens with zero attached hydrogens (tertiary/aromatic N) is 1. The van der Waals surface area contributed by atoms with E-state index in [4.69, 9.17) is 9.47 Å². The third-order valence-corrected chi connectivity index (χ3v) is 7.10. The number of aliphatic hydroxyl groups excluding tert-OH is 3. The summed E-state index contributed by atoms with van der Waals surface area (Å²) in [5, 5.41) is 40.0. The van der Waals surface area contributed by atoms with Gasteiger partial charge in [-0.05, 0) is 50.2 Å². The molecule has 1 aromatic heterocycles. The Balaban J connectivity index is 1.65. The number of halogens is 1. The smallest absolute Gasteiger partial charge is 0.238 e. The summed E-state index contributed by atoms with van der Waals surface area (Å²) in [7, 11) is 0. The fraction of sp³-hybridized carbons (Fsp3) is 0.643. The molecule has 1 aliphatic rings. The minimum Gasteiger partial charge on any atom is -0.443 e. The number of aromatic nitrogens is 2. The van der Waals surface area contributed by atoms with Crippen LogP contribution < -0.4 is 10.1 Å². The lowest BCUT2D eigenvalue weighted by Gasteiger charge is -2.38. The predicted molar refractivity (Wildman–Crippen MR) is 141 cm³/mol. The van der Waals surface area contributed by atoms with Crippen molar-refractivity contribution in [3.63, 3.8) is 0 Å². The van der Waals surface area contributed by atoms with E-state index in [9.17, 15) is 24.5 Å². The third kappa shape index (κ3) is 7.53. The van der Waals surface area contributed by atoms with Crippen LogP contribution in [-0.4, -0.2) is 74.3 Å². The lowest BCUT2D eigenvalue weighted by molar-refractivity contribution is -0.265. The van der Waals surface area contributed by atoms with E-state index in [0.29, 0.717) is 12.8 Å². The number of H-pyrrole nitrogens is 1. The predicted octanol–water partition coefficient (Wildman–Crippen LogP) is 2.91. The molecule has 0 aliphatic carbocycles. The fourth-order valence-electron chi connectivity index (χ4n) is 4.36. The van der Waals surface area contributed by atoms with Crippen LogP contribution in [0.2, 0.25) is 0 Å². The number of aryl methyl sites for hydroxylation is 1. The maximum Gasteiger partial charge on any atom is 0.238 e. The van der Waals surface area contributed by atoms with Crippen LogP contribution in [0.3, 0.4) is 0 Å². The number of hydrogen-bond donors (Lipinski definition) is 5. The van der Waals surface area contributed by atoms with Crippen molar-refractivity contribution in [1.29, 1.82) is 0 Å². The van der Waals surface area contributed by atoms with Crippen LogP contribution >= 0.6 is 0 Å². The Morgan fingerprint density at radius 3 is 2.47 bits per heavy atom. The second-order valence-electron chi connectivity index (χ2n) is 11.0. The summed E-state index contributed by atoms with van der Waals surface area (Å²) >= 11 is 0. The molecule has 0 spiro atoms. The molecule has 1 saturated heterocycles. The van der Waals surface area contributed by atoms with E-state index in [1.165, 1.54) is 0 Å². The summed E-state index contributed by atoms with van der Waals surface area (Å²) in [5.41, 5.74) is 3.55. The number of hydrogen-bond acceptors (Lipinski definition) is 7. The maximum absolute atomic E-state index is 14.1. The van der Waals surface area contributed by atoms with Gasteiger partial charge < -0.3 is 30.1 Å². The number of rotatable bonds is 12. The molecule has 10 heteroatoms. The first-order chi connectivity index (χ1) is 18.0. The van der Waals surface area contributed by atoms with Crippen LogP contribution in [0.5, 0.6) is 5.88 Å². The van der Waals surface area contributed by atoms with Gasteiger partial charge in [-0.3, -0.25) is 9.89 Å².